The molecule has 1 unspecified atom stereocenters. The van der Waals surface area contributed by atoms with Gasteiger partial charge in [-0.25, -0.2) is 21.6 Å². The molecular formula is C17H30N4O6S3. The normalized spacial score (nSPS) is 20.3. The van der Waals surface area contributed by atoms with Gasteiger partial charge in [0.05, 0.1) is 23.9 Å². The lowest BCUT2D eigenvalue weighted by Gasteiger charge is -2.46. The molecule has 0 spiro atoms. The monoisotopic (exact) mass is 482 g/mol. The highest BCUT2D eigenvalue weighted by atomic mass is 32.2. The third kappa shape index (κ3) is 8.76. The van der Waals surface area contributed by atoms with Gasteiger partial charge in [0.15, 0.2) is 0 Å². The van der Waals surface area contributed by atoms with Crippen molar-refractivity contribution >= 4 is 42.7 Å². The molecule has 1 aliphatic rings. The topological polar surface area (TPSA) is 143 Å². The van der Waals surface area contributed by atoms with Crippen molar-refractivity contribution in [2.45, 2.75) is 57.7 Å². The quantitative estimate of drug-likeness (QED) is 0.437. The van der Waals surface area contributed by atoms with Gasteiger partial charge in [0.1, 0.15) is 5.75 Å². The maximum atomic E-state index is 12.6. The van der Waals surface area contributed by atoms with Gasteiger partial charge in [0.25, 0.3) is 11.3 Å². The lowest BCUT2D eigenvalue weighted by Crippen LogP contribution is -2.61. The molecule has 0 radical (unpaired) electrons. The second-order valence-corrected chi connectivity index (χ2v) is 13.3. The van der Waals surface area contributed by atoms with Gasteiger partial charge in [-0.1, -0.05) is 0 Å². The van der Waals surface area contributed by atoms with Gasteiger partial charge in [0.2, 0.25) is 20.0 Å². The summed E-state index contributed by atoms with van der Waals surface area (Å²) in [7, 11) is -7.23. The lowest BCUT2D eigenvalue weighted by molar-refractivity contribution is 0.156. The van der Waals surface area contributed by atoms with E-state index in [9.17, 15) is 21.0 Å². The fourth-order valence-electron chi connectivity index (χ4n) is 3.85. The average Bonchev–Trinajstić information content (AvgIpc) is 2.38. The lowest BCUT2D eigenvalue weighted by atomic mass is 9.80. The summed E-state index contributed by atoms with van der Waals surface area (Å²) in [5.74, 6) is 0.0353. The molecule has 13 heteroatoms. The van der Waals surface area contributed by atoms with Crippen LogP contribution in [0.15, 0.2) is 18.2 Å². The first-order valence-corrected chi connectivity index (χ1v) is 14.0. The van der Waals surface area contributed by atoms with Crippen LogP contribution in [0.3, 0.4) is 0 Å². The van der Waals surface area contributed by atoms with E-state index in [1.807, 2.05) is 0 Å². The van der Waals surface area contributed by atoms with Crippen molar-refractivity contribution in [2.75, 3.05) is 22.0 Å². The largest absolute Gasteiger partial charge is 0.389 e. The zero-order valence-electron chi connectivity index (χ0n) is 17.9. The van der Waals surface area contributed by atoms with E-state index in [1.54, 1.807) is 0 Å². The minimum atomic E-state index is -3.61. The SMILES string of the molecule is CC1(C)CC(NS(=O)Oc2cc(NS(C)(=O)=O)cc(NS(C)(=O)=O)c2)CC(C)(C)N1. The Balaban J connectivity index is 2.20. The minimum absolute atomic E-state index is 0.0353. The van der Waals surface area contributed by atoms with Gasteiger partial charge in [-0.05, 0) is 46.6 Å². The zero-order chi connectivity index (χ0) is 23.0. The standard InChI is InChI=1S/C17H30N4O6S3/c1-16(2)10-14(11-17(3,4)21-16)18-28(22)27-15-8-12(19-29(5,23)24)7-13(9-15)20-30(6,25)26/h7-9,14,18-21H,10-11H2,1-6H3. The van der Waals surface area contributed by atoms with E-state index in [-0.39, 0.29) is 34.2 Å². The predicted octanol–water partition coefficient (Wildman–Crippen LogP) is 1.29. The molecule has 0 aliphatic carbocycles. The third-order valence-corrected chi connectivity index (χ3v) is 6.22. The summed E-state index contributed by atoms with van der Waals surface area (Å²) in [6.07, 6.45) is 3.37. The molecule has 1 aliphatic heterocycles. The first-order chi connectivity index (χ1) is 13.4. The van der Waals surface area contributed by atoms with Crippen LogP contribution in [0.1, 0.15) is 40.5 Å². The summed E-state index contributed by atoms with van der Waals surface area (Å²) < 4.78 is 71.6. The molecular weight excluding hydrogens is 452 g/mol. The summed E-state index contributed by atoms with van der Waals surface area (Å²) in [5.41, 5.74) is -0.171. The van der Waals surface area contributed by atoms with E-state index in [4.69, 9.17) is 4.18 Å². The first kappa shape index (κ1) is 24.9. The first-order valence-electron chi connectivity index (χ1n) is 9.18. The van der Waals surface area contributed by atoms with E-state index in [2.05, 4.69) is 47.2 Å². The van der Waals surface area contributed by atoms with Crippen LogP contribution in [0.25, 0.3) is 0 Å². The van der Waals surface area contributed by atoms with Crippen molar-refractivity contribution < 1.29 is 25.2 Å². The number of anilines is 2. The number of hydrogen-bond donors (Lipinski definition) is 4. The molecule has 1 saturated heterocycles. The van der Waals surface area contributed by atoms with Crippen molar-refractivity contribution in [3.63, 3.8) is 0 Å². The Hall–Kier alpha value is -1.41. The summed E-state index contributed by atoms with van der Waals surface area (Å²) in [4.78, 5) is 0. The molecule has 0 saturated carbocycles. The Bertz CT molecular complexity index is 954. The van der Waals surface area contributed by atoms with Crippen LogP contribution in [-0.4, -0.2) is 50.7 Å². The third-order valence-electron chi connectivity index (χ3n) is 4.14. The summed E-state index contributed by atoms with van der Waals surface area (Å²) in [5, 5.41) is 3.53. The maximum absolute atomic E-state index is 12.6. The van der Waals surface area contributed by atoms with Gasteiger partial charge in [-0.3, -0.25) is 9.44 Å². The molecule has 1 heterocycles. The predicted molar refractivity (Wildman–Crippen MR) is 120 cm³/mol. The summed E-state index contributed by atoms with van der Waals surface area (Å²) >= 11 is -1.93. The van der Waals surface area contributed by atoms with Crippen LogP contribution >= 0.6 is 0 Å². The highest BCUT2D eigenvalue weighted by molar-refractivity contribution is 7.92. The summed E-state index contributed by atoms with van der Waals surface area (Å²) in [6, 6.07) is 3.86. The van der Waals surface area contributed by atoms with Crippen LogP contribution in [0.2, 0.25) is 0 Å². The molecule has 0 bridgehead atoms. The minimum Gasteiger partial charge on any atom is -0.389 e. The summed E-state index contributed by atoms with van der Waals surface area (Å²) in [6.45, 7) is 8.26. The molecule has 4 N–H and O–H groups in total. The molecule has 0 amide bonds. The Morgan fingerprint density at radius 3 is 1.77 bits per heavy atom. The van der Waals surface area contributed by atoms with Crippen molar-refractivity contribution in [1.29, 1.82) is 0 Å². The van der Waals surface area contributed by atoms with Crippen LogP contribution in [0.4, 0.5) is 11.4 Å². The van der Waals surface area contributed by atoms with E-state index in [0.717, 1.165) is 25.4 Å². The molecule has 1 aromatic rings. The van der Waals surface area contributed by atoms with Gasteiger partial charge in [0, 0.05) is 29.3 Å². The van der Waals surface area contributed by atoms with Gasteiger partial charge in [-0.2, -0.15) is 4.21 Å². The second kappa shape index (κ2) is 8.61. The number of nitrogens with one attached hydrogen (secondary N) is 4. The fraction of sp³-hybridized carbons (Fsp3) is 0.647. The highest BCUT2D eigenvalue weighted by Crippen LogP contribution is 2.30. The van der Waals surface area contributed by atoms with Crippen molar-refractivity contribution in [1.82, 2.24) is 10.0 Å². The van der Waals surface area contributed by atoms with Crippen molar-refractivity contribution in [3.8, 4) is 5.75 Å². The number of sulfonamides is 2. The molecule has 30 heavy (non-hydrogen) atoms. The number of rotatable bonds is 8. The van der Waals surface area contributed by atoms with Gasteiger partial charge < -0.3 is 9.50 Å². The van der Waals surface area contributed by atoms with Crippen LogP contribution < -0.4 is 23.7 Å². The Labute approximate surface area is 181 Å². The van der Waals surface area contributed by atoms with E-state index >= 15 is 0 Å². The molecule has 1 aromatic carbocycles. The van der Waals surface area contributed by atoms with Gasteiger partial charge in [-0.15, -0.1) is 0 Å². The molecule has 0 aromatic heterocycles. The van der Waals surface area contributed by atoms with Gasteiger partial charge >= 0.3 is 0 Å². The number of benzene rings is 1. The molecule has 2 rings (SSSR count). The van der Waals surface area contributed by atoms with Crippen molar-refractivity contribution in [3.05, 3.63) is 18.2 Å². The van der Waals surface area contributed by atoms with Crippen LogP contribution in [-0.2, 0) is 31.3 Å². The molecule has 10 nitrogen and oxygen atoms in total. The fourth-order valence-corrected chi connectivity index (χ4v) is 5.70. The molecule has 1 atom stereocenters. The Kier molecular flexibility index (Phi) is 7.14. The smallest absolute Gasteiger partial charge is 0.288 e. The van der Waals surface area contributed by atoms with E-state index < -0.39 is 31.3 Å². The van der Waals surface area contributed by atoms with Crippen LogP contribution in [0.5, 0.6) is 5.75 Å². The molecule has 1 fully saturated rings. The number of piperidine rings is 1. The second-order valence-electron chi connectivity index (χ2n) is 8.93. The number of hydrogen-bond acceptors (Lipinski definition) is 7. The van der Waals surface area contributed by atoms with Crippen LogP contribution in [0, 0.1) is 0 Å². The zero-order valence-corrected chi connectivity index (χ0v) is 20.3. The molecule has 172 valence electrons. The van der Waals surface area contributed by atoms with E-state index in [0.29, 0.717) is 0 Å². The Morgan fingerprint density at radius 2 is 1.37 bits per heavy atom. The highest BCUT2D eigenvalue weighted by Gasteiger charge is 2.38. The average molecular weight is 483 g/mol. The Morgan fingerprint density at radius 1 is 0.933 bits per heavy atom. The van der Waals surface area contributed by atoms with Crippen molar-refractivity contribution in [2.24, 2.45) is 0 Å². The maximum Gasteiger partial charge on any atom is 0.288 e. The van der Waals surface area contributed by atoms with E-state index in [1.165, 1.54) is 18.2 Å².